The number of alkyl carbamates (subject to hydrolysis) is 1. The van der Waals surface area contributed by atoms with Crippen molar-refractivity contribution in [3.8, 4) is 0 Å². The van der Waals surface area contributed by atoms with Crippen LogP contribution in [0.25, 0.3) is 18.2 Å². The molecule has 1 aromatic rings. The number of cyclic esters (lactones) is 1. The molecular weight excluding hydrogens is 512 g/mol. The number of pyridine rings is 1. The summed E-state index contributed by atoms with van der Waals surface area (Å²) in [5.74, 6) is -3.44. The SMILES string of the molecule is C=Cc1cc(/C=C/COC2C[C@@H](C)C(=O)C(C)C(=O)OCC3OC(=O)NC3C(C)C(=O)[C@H](C)C2)cnc1/C=C\C. The highest BCUT2D eigenvalue weighted by atomic mass is 16.6. The number of ether oxygens (including phenoxy) is 3. The zero-order valence-corrected chi connectivity index (χ0v) is 23.9. The molecule has 3 rings (SSSR count). The van der Waals surface area contributed by atoms with Crippen LogP contribution in [-0.4, -0.2) is 60.1 Å². The minimum Gasteiger partial charge on any atom is -0.461 e. The Bertz CT molecular complexity index is 1170. The molecule has 1 aromatic heterocycles. The molecule has 9 heteroatoms. The first-order valence-electron chi connectivity index (χ1n) is 13.8. The number of amides is 1. The Morgan fingerprint density at radius 2 is 1.77 bits per heavy atom. The van der Waals surface area contributed by atoms with Crippen LogP contribution in [0.2, 0.25) is 0 Å². The summed E-state index contributed by atoms with van der Waals surface area (Å²) in [7, 11) is 0. The Labute approximate surface area is 236 Å². The lowest BCUT2D eigenvalue weighted by atomic mass is 9.82. The van der Waals surface area contributed by atoms with Gasteiger partial charge in [0.1, 0.15) is 24.1 Å². The highest BCUT2D eigenvalue weighted by Crippen LogP contribution is 2.27. The third kappa shape index (κ3) is 7.75. The highest BCUT2D eigenvalue weighted by molar-refractivity contribution is 5.99. The van der Waals surface area contributed by atoms with Gasteiger partial charge in [0.05, 0.1) is 24.4 Å². The van der Waals surface area contributed by atoms with Crippen LogP contribution in [0.15, 0.2) is 31.0 Å². The van der Waals surface area contributed by atoms with Gasteiger partial charge < -0.3 is 19.5 Å². The Morgan fingerprint density at radius 3 is 2.45 bits per heavy atom. The third-order valence-corrected chi connectivity index (χ3v) is 7.56. The molecular formula is C31H40N2O7. The van der Waals surface area contributed by atoms with Gasteiger partial charge in [0.2, 0.25) is 0 Å². The average molecular weight is 553 g/mol. The molecule has 2 aliphatic rings. The molecule has 9 nitrogen and oxygen atoms in total. The largest absolute Gasteiger partial charge is 0.461 e. The molecule has 1 amide bonds. The van der Waals surface area contributed by atoms with Crippen molar-refractivity contribution >= 4 is 41.9 Å². The molecule has 7 atom stereocenters. The van der Waals surface area contributed by atoms with Crippen LogP contribution in [0.5, 0.6) is 0 Å². The van der Waals surface area contributed by atoms with Crippen LogP contribution >= 0.6 is 0 Å². The number of nitrogens with zero attached hydrogens (tertiary/aromatic N) is 1. The van der Waals surface area contributed by atoms with E-state index in [1.807, 2.05) is 44.2 Å². The van der Waals surface area contributed by atoms with Gasteiger partial charge in [-0.3, -0.25) is 19.4 Å². The minimum absolute atomic E-state index is 0.0649. The lowest BCUT2D eigenvalue weighted by molar-refractivity contribution is -0.155. The maximum Gasteiger partial charge on any atom is 0.407 e. The monoisotopic (exact) mass is 552 g/mol. The number of nitrogens with one attached hydrogen (secondary N) is 1. The van der Waals surface area contributed by atoms with E-state index < -0.39 is 54.0 Å². The number of ketones is 2. The van der Waals surface area contributed by atoms with Crippen molar-refractivity contribution in [3.05, 3.63) is 47.8 Å². The molecule has 2 saturated heterocycles. The normalized spacial score (nSPS) is 30.5. The van der Waals surface area contributed by atoms with Gasteiger partial charge in [-0.2, -0.15) is 0 Å². The van der Waals surface area contributed by atoms with Gasteiger partial charge in [0, 0.05) is 29.5 Å². The molecule has 0 bridgehead atoms. The van der Waals surface area contributed by atoms with Crippen molar-refractivity contribution in [1.29, 1.82) is 0 Å². The summed E-state index contributed by atoms with van der Waals surface area (Å²) in [5, 5.41) is 2.67. The van der Waals surface area contributed by atoms with Gasteiger partial charge in [0.25, 0.3) is 0 Å². The van der Waals surface area contributed by atoms with Crippen molar-refractivity contribution in [3.63, 3.8) is 0 Å². The van der Waals surface area contributed by atoms with Crippen LogP contribution in [-0.2, 0) is 28.6 Å². The molecule has 0 saturated carbocycles. The van der Waals surface area contributed by atoms with E-state index in [-0.39, 0.29) is 24.8 Å². The number of fused-ring (bicyclic) bond motifs is 1. The van der Waals surface area contributed by atoms with Crippen molar-refractivity contribution in [2.75, 3.05) is 13.2 Å². The van der Waals surface area contributed by atoms with E-state index in [1.165, 1.54) is 6.92 Å². The third-order valence-electron chi connectivity index (χ3n) is 7.56. The van der Waals surface area contributed by atoms with Crippen LogP contribution in [0, 0.1) is 23.7 Å². The summed E-state index contributed by atoms with van der Waals surface area (Å²) in [6.45, 7) is 12.7. The average Bonchev–Trinajstić information content (AvgIpc) is 3.32. The molecule has 0 spiro atoms. The molecule has 2 fully saturated rings. The maximum absolute atomic E-state index is 13.4. The van der Waals surface area contributed by atoms with Crippen LogP contribution < -0.4 is 5.32 Å². The molecule has 1 N–H and O–H groups in total. The predicted molar refractivity (Wildman–Crippen MR) is 152 cm³/mol. The van der Waals surface area contributed by atoms with Gasteiger partial charge in [-0.15, -0.1) is 0 Å². The number of carbonyl (C=O) groups excluding carboxylic acids is 4. The zero-order valence-electron chi connectivity index (χ0n) is 23.9. The quantitative estimate of drug-likeness (QED) is 0.400. The number of hydrogen-bond donors (Lipinski definition) is 1. The second-order valence-corrected chi connectivity index (χ2v) is 10.6. The number of allylic oxidation sites excluding steroid dienone is 1. The number of aromatic nitrogens is 1. The van der Waals surface area contributed by atoms with Gasteiger partial charge >= 0.3 is 12.1 Å². The van der Waals surface area contributed by atoms with E-state index in [1.54, 1.807) is 26.1 Å². The number of hydrogen-bond acceptors (Lipinski definition) is 8. The molecule has 3 heterocycles. The van der Waals surface area contributed by atoms with Crippen LogP contribution in [0.4, 0.5) is 4.79 Å². The molecule has 0 radical (unpaired) electrons. The second-order valence-electron chi connectivity index (χ2n) is 10.6. The first kappa shape index (κ1) is 30.9. The molecule has 0 aromatic carbocycles. The highest BCUT2D eigenvalue weighted by Gasteiger charge is 2.43. The molecule has 0 aliphatic carbocycles. The Morgan fingerprint density at radius 1 is 1.07 bits per heavy atom. The fraction of sp³-hybridized carbons (Fsp3) is 0.516. The number of carbonyl (C=O) groups is 4. The number of Topliss-reactive ketones (excluding diaryl/α,β-unsaturated/α-hetero) is 2. The van der Waals surface area contributed by atoms with E-state index in [9.17, 15) is 19.2 Å². The Hall–Kier alpha value is -3.59. The first-order chi connectivity index (χ1) is 19.0. The van der Waals surface area contributed by atoms with Crippen molar-refractivity contribution in [2.45, 2.75) is 65.7 Å². The molecule has 40 heavy (non-hydrogen) atoms. The first-order valence-corrected chi connectivity index (χ1v) is 13.8. The summed E-state index contributed by atoms with van der Waals surface area (Å²) in [6.07, 6.45) is 9.97. The topological polar surface area (TPSA) is 121 Å². The standard InChI is InChI=1S/C31H40N2O7/c1-7-10-25-23(8-2)15-22(16-32-25)11-9-12-38-24-13-18(3)28(34)20(5)27-26(40-31(37)33-27)17-39-30(36)21(6)29(35)19(4)14-24/h7-11,15-16,18-21,24,26-27H,2,12-14,17H2,1,3-6H3,(H,33,37)/b10-7-,11-9+/t18-,19-,20?,21?,24?,26?,27?/m1/s1. The molecule has 2 aliphatic heterocycles. The summed E-state index contributed by atoms with van der Waals surface area (Å²) < 4.78 is 16.8. The Balaban J connectivity index is 1.76. The van der Waals surface area contributed by atoms with E-state index in [0.717, 1.165) is 16.8 Å². The van der Waals surface area contributed by atoms with E-state index in [0.29, 0.717) is 12.8 Å². The Kier molecular flexibility index (Phi) is 11.0. The number of rotatable bonds is 6. The van der Waals surface area contributed by atoms with E-state index in [2.05, 4.69) is 16.9 Å². The van der Waals surface area contributed by atoms with E-state index >= 15 is 0 Å². The van der Waals surface area contributed by atoms with Gasteiger partial charge in [-0.1, -0.05) is 51.7 Å². The second kappa shape index (κ2) is 14.2. The fourth-order valence-electron chi connectivity index (χ4n) is 5.21. The molecule has 216 valence electrons. The lowest BCUT2D eigenvalue weighted by Crippen LogP contribution is -2.45. The zero-order chi connectivity index (χ0) is 29.4. The predicted octanol–water partition coefficient (Wildman–Crippen LogP) is 4.65. The maximum atomic E-state index is 13.4. The summed E-state index contributed by atoms with van der Waals surface area (Å²) in [4.78, 5) is 55.4. The lowest BCUT2D eigenvalue weighted by Gasteiger charge is -2.28. The van der Waals surface area contributed by atoms with Gasteiger partial charge in [0.15, 0.2) is 6.10 Å². The number of esters is 1. The van der Waals surface area contributed by atoms with Gasteiger partial charge in [-0.05, 0) is 44.4 Å². The smallest absolute Gasteiger partial charge is 0.407 e. The summed E-state index contributed by atoms with van der Waals surface area (Å²) in [6, 6.07) is 1.34. The summed E-state index contributed by atoms with van der Waals surface area (Å²) in [5.41, 5.74) is 2.64. The van der Waals surface area contributed by atoms with Gasteiger partial charge in [-0.25, -0.2) is 4.79 Å². The van der Waals surface area contributed by atoms with Crippen molar-refractivity contribution in [2.24, 2.45) is 23.7 Å². The van der Waals surface area contributed by atoms with Crippen molar-refractivity contribution < 1.29 is 33.4 Å². The van der Waals surface area contributed by atoms with E-state index in [4.69, 9.17) is 14.2 Å². The minimum atomic E-state index is -0.976. The summed E-state index contributed by atoms with van der Waals surface area (Å²) >= 11 is 0. The van der Waals surface area contributed by atoms with Crippen LogP contribution in [0.3, 0.4) is 0 Å². The fourth-order valence-corrected chi connectivity index (χ4v) is 5.21. The molecule has 5 unspecified atom stereocenters. The van der Waals surface area contributed by atoms with Crippen LogP contribution in [0.1, 0.15) is 64.3 Å². The van der Waals surface area contributed by atoms with Crippen molar-refractivity contribution in [1.82, 2.24) is 10.3 Å².